The molecule has 0 heterocycles. The van der Waals surface area contributed by atoms with Crippen molar-refractivity contribution in [2.45, 2.75) is 26.9 Å². The lowest BCUT2D eigenvalue weighted by Gasteiger charge is -2.18. The Balaban J connectivity index is 2.17. The number of ether oxygens (including phenoxy) is 3. The van der Waals surface area contributed by atoms with Crippen LogP contribution in [0.25, 0.3) is 0 Å². The second kappa shape index (κ2) is 8.12. The summed E-state index contributed by atoms with van der Waals surface area (Å²) < 4.78 is 16.2. The van der Waals surface area contributed by atoms with Crippen molar-refractivity contribution < 1.29 is 19.0 Å². The van der Waals surface area contributed by atoms with E-state index >= 15 is 0 Å². The molecule has 2 aromatic carbocycles. The first kappa shape index (κ1) is 18.9. The van der Waals surface area contributed by atoms with E-state index in [1.807, 2.05) is 32.0 Å². The number of hydrogen-bond acceptors (Lipinski definition) is 4. The fraction of sp³-hybridized carbons (Fsp3) is 0.316. The molecular weight excluding hydrogens is 342 g/mol. The number of benzene rings is 2. The maximum Gasteiger partial charge on any atom is 0.265 e. The van der Waals surface area contributed by atoms with Gasteiger partial charge in [0.15, 0.2) is 6.10 Å². The van der Waals surface area contributed by atoms with E-state index in [1.54, 1.807) is 19.1 Å². The minimum atomic E-state index is -0.688. The minimum absolute atomic E-state index is 0.302. The van der Waals surface area contributed by atoms with Crippen LogP contribution in [0.4, 0.5) is 5.69 Å². The van der Waals surface area contributed by atoms with Crippen molar-refractivity contribution in [1.29, 1.82) is 0 Å². The van der Waals surface area contributed by atoms with Gasteiger partial charge in [-0.1, -0.05) is 23.7 Å². The molecular formula is C19H22ClNO4. The van der Waals surface area contributed by atoms with Crippen LogP contribution in [0.5, 0.6) is 17.2 Å². The molecule has 2 rings (SSSR count). The van der Waals surface area contributed by atoms with Crippen LogP contribution in [-0.4, -0.2) is 26.2 Å². The van der Waals surface area contributed by atoms with Gasteiger partial charge in [-0.2, -0.15) is 0 Å². The number of halogens is 1. The molecule has 0 saturated carbocycles. The van der Waals surface area contributed by atoms with Gasteiger partial charge < -0.3 is 19.5 Å². The molecule has 0 aliphatic rings. The molecule has 0 bridgehead atoms. The molecule has 0 unspecified atom stereocenters. The number of methoxy groups -OCH3 is 2. The van der Waals surface area contributed by atoms with Gasteiger partial charge >= 0.3 is 0 Å². The molecule has 0 radical (unpaired) electrons. The van der Waals surface area contributed by atoms with Gasteiger partial charge in [-0.25, -0.2) is 0 Å². The fourth-order valence-corrected chi connectivity index (χ4v) is 2.50. The number of carbonyl (C=O) groups excluding carboxylic acids is 1. The highest BCUT2D eigenvalue weighted by molar-refractivity contribution is 6.32. The Hall–Kier alpha value is -2.40. The maximum absolute atomic E-state index is 12.5. The van der Waals surface area contributed by atoms with Crippen molar-refractivity contribution in [3.63, 3.8) is 0 Å². The average molecular weight is 364 g/mol. The predicted octanol–water partition coefficient (Wildman–Crippen LogP) is 4.38. The van der Waals surface area contributed by atoms with Gasteiger partial charge in [0.25, 0.3) is 5.91 Å². The van der Waals surface area contributed by atoms with Crippen molar-refractivity contribution in [2.75, 3.05) is 19.5 Å². The monoisotopic (exact) mass is 363 g/mol. The SMILES string of the molecule is COc1cc(NC(=O)[C@H](C)Oc2cc(C)ccc2C)c(OC)cc1Cl. The molecule has 0 spiro atoms. The first-order chi connectivity index (χ1) is 11.8. The lowest BCUT2D eigenvalue weighted by Crippen LogP contribution is -2.30. The van der Waals surface area contributed by atoms with Crippen LogP contribution in [-0.2, 0) is 4.79 Å². The van der Waals surface area contributed by atoms with E-state index in [2.05, 4.69) is 5.32 Å². The smallest absolute Gasteiger partial charge is 0.265 e. The summed E-state index contributed by atoms with van der Waals surface area (Å²) in [6, 6.07) is 9.07. The highest BCUT2D eigenvalue weighted by Crippen LogP contribution is 2.36. The van der Waals surface area contributed by atoms with Crippen LogP contribution in [0.15, 0.2) is 30.3 Å². The number of nitrogens with one attached hydrogen (secondary N) is 1. The zero-order chi connectivity index (χ0) is 18.6. The normalized spacial score (nSPS) is 11.6. The first-order valence-electron chi connectivity index (χ1n) is 7.82. The van der Waals surface area contributed by atoms with Crippen molar-refractivity contribution in [2.24, 2.45) is 0 Å². The quantitative estimate of drug-likeness (QED) is 0.827. The Morgan fingerprint density at radius 1 is 1.04 bits per heavy atom. The van der Waals surface area contributed by atoms with Crippen LogP contribution < -0.4 is 19.5 Å². The summed E-state index contributed by atoms with van der Waals surface area (Å²) in [5.41, 5.74) is 2.50. The summed E-state index contributed by atoms with van der Waals surface area (Å²) in [6.07, 6.45) is -0.688. The molecule has 134 valence electrons. The van der Waals surface area contributed by atoms with E-state index in [4.69, 9.17) is 25.8 Å². The third kappa shape index (κ3) is 4.57. The number of amides is 1. The van der Waals surface area contributed by atoms with Gasteiger partial charge in [-0.15, -0.1) is 0 Å². The van der Waals surface area contributed by atoms with Gasteiger partial charge in [0.05, 0.1) is 24.9 Å². The molecule has 25 heavy (non-hydrogen) atoms. The number of hydrogen-bond donors (Lipinski definition) is 1. The second-order valence-corrected chi connectivity index (χ2v) is 6.11. The Morgan fingerprint density at radius 2 is 1.72 bits per heavy atom. The zero-order valence-electron chi connectivity index (χ0n) is 15.0. The average Bonchev–Trinajstić information content (AvgIpc) is 2.59. The maximum atomic E-state index is 12.5. The molecule has 1 N–H and O–H groups in total. The minimum Gasteiger partial charge on any atom is -0.495 e. The molecule has 0 fully saturated rings. The van der Waals surface area contributed by atoms with Gasteiger partial charge in [-0.3, -0.25) is 4.79 Å². The zero-order valence-corrected chi connectivity index (χ0v) is 15.7. The Morgan fingerprint density at radius 3 is 2.36 bits per heavy atom. The lowest BCUT2D eigenvalue weighted by molar-refractivity contribution is -0.122. The van der Waals surface area contributed by atoms with Crippen LogP contribution >= 0.6 is 11.6 Å². The third-order valence-corrected chi connectivity index (χ3v) is 4.04. The predicted molar refractivity (Wildman–Crippen MR) is 99.2 cm³/mol. The summed E-state index contributed by atoms with van der Waals surface area (Å²) in [5.74, 6) is 1.27. The standard InChI is InChI=1S/C19H22ClNO4/c1-11-6-7-12(2)16(8-11)25-13(3)19(22)21-15-10-17(23-4)14(20)9-18(15)24-5/h6-10,13H,1-5H3,(H,21,22)/t13-/m0/s1. The van der Waals surface area contributed by atoms with E-state index in [-0.39, 0.29) is 5.91 Å². The van der Waals surface area contributed by atoms with Crippen LogP contribution in [0.1, 0.15) is 18.1 Å². The molecule has 0 saturated heterocycles. The number of aryl methyl sites for hydroxylation is 2. The van der Waals surface area contributed by atoms with Gasteiger partial charge in [0, 0.05) is 12.1 Å². The third-order valence-electron chi connectivity index (χ3n) is 3.75. The van der Waals surface area contributed by atoms with Gasteiger partial charge in [0.1, 0.15) is 17.2 Å². The highest BCUT2D eigenvalue weighted by Gasteiger charge is 2.19. The summed E-state index contributed by atoms with van der Waals surface area (Å²) in [7, 11) is 3.01. The highest BCUT2D eigenvalue weighted by atomic mass is 35.5. The van der Waals surface area contributed by atoms with Crippen LogP contribution in [0.2, 0.25) is 5.02 Å². The van der Waals surface area contributed by atoms with Gasteiger partial charge in [-0.05, 0) is 38.0 Å². The number of carbonyl (C=O) groups is 1. The summed E-state index contributed by atoms with van der Waals surface area (Å²) in [6.45, 7) is 5.60. The second-order valence-electron chi connectivity index (χ2n) is 5.71. The largest absolute Gasteiger partial charge is 0.495 e. The van der Waals surface area contributed by atoms with Crippen molar-refractivity contribution >= 4 is 23.2 Å². The van der Waals surface area contributed by atoms with E-state index in [0.29, 0.717) is 28.0 Å². The first-order valence-corrected chi connectivity index (χ1v) is 8.19. The van der Waals surface area contributed by atoms with E-state index in [0.717, 1.165) is 11.1 Å². The molecule has 0 aromatic heterocycles. The summed E-state index contributed by atoms with van der Waals surface area (Å²) in [4.78, 5) is 12.5. The van der Waals surface area contributed by atoms with Crippen molar-refractivity contribution in [1.82, 2.24) is 0 Å². The molecule has 1 atom stereocenters. The lowest BCUT2D eigenvalue weighted by atomic mass is 10.1. The summed E-state index contributed by atoms with van der Waals surface area (Å²) >= 11 is 6.08. The summed E-state index contributed by atoms with van der Waals surface area (Å²) in [5, 5.41) is 3.19. The van der Waals surface area contributed by atoms with Crippen molar-refractivity contribution in [3.05, 3.63) is 46.5 Å². The molecule has 6 heteroatoms. The van der Waals surface area contributed by atoms with Crippen LogP contribution in [0, 0.1) is 13.8 Å². The Bertz CT molecular complexity index is 776. The van der Waals surface area contributed by atoms with Crippen molar-refractivity contribution in [3.8, 4) is 17.2 Å². The molecule has 1 amide bonds. The fourth-order valence-electron chi connectivity index (χ4n) is 2.27. The van der Waals surface area contributed by atoms with E-state index < -0.39 is 6.10 Å². The number of anilines is 1. The Labute approximate surface area is 152 Å². The molecule has 0 aliphatic heterocycles. The Kier molecular flexibility index (Phi) is 6.15. The number of rotatable bonds is 6. The van der Waals surface area contributed by atoms with Crippen LogP contribution in [0.3, 0.4) is 0 Å². The molecule has 2 aromatic rings. The topological polar surface area (TPSA) is 56.8 Å². The molecule has 5 nitrogen and oxygen atoms in total. The molecule has 0 aliphatic carbocycles. The van der Waals surface area contributed by atoms with E-state index in [1.165, 1.54) is 14.2 Å². The van der Waals surface area contributed by atoms with E-state index in [9.17, 15) is 4.79 Å². The van der Waals surface area contributed by atoms with Gasteiger partial charge in [0.2, 0.25) is 0 Å².